The van der Waals surface area contributed by atoms with E-state index in [0.717, 1.165) is 25.9 Å². The van der Waals surface area contributed by atoms with Gasteiger partial charge in [0.05, 0.1) is 5.92 Å². The van der Waals surface area contributed by atoms with Crippen molar-refractivity contribution in [3.8, 4) is 0 Å². The molecule has 0 aromatic carbocycles. The van der Waals surface area contributed by atoms with E-state index >= 15 is 0 Å². The molecule has 5 nitrogen and oxygen atoms in total. The van der Waals surface area contributed by atoms with Crippen LogP contribution in [0.5, 0.6) is 0 Å². The molecule has 1 saturated heterocycles. The monoisotopic (exact) mass is 241 g/mol. The molecule has 0 spiro atoms. The van der Waals surface area contributed by atoms with Gasteiger partial charge >= 0.3 is 0 Å². The smallest absolute Gasteiger partial charge is 0.224 e. The Labute approximate surface area is 103 Å². The molecule has 0 radical (unpaired) electrons. The van der Waals surface area contributed by atoms with E-state index in [1.54, 1.807) is 0 Å². The highest BCUT2D eigenvalue weighted by Gasteiger charge is 2.20. The second-order valence-corrected chi connectivity index (χ2v) is 4.78. The highest BCUT2D eigenvalue weighted by molar-refractivity contribution is 5.79. The molecule has 1 atom stereocenters. The zero-order chi connectivity index (χ0) is 12.7. The minimum Gasteiger partial charge on any atom is -0.354 e. The van der Waals surface area contributed by atoms with E-state index in [1.165, 1.54) is 0 Å². The summed E-state index contributed by atoms with van der Waals surface area (Å²) in [6.45, 7) is 6.48. The van der Waals surface area contributed by atoms with E-state index < -0.39 is 0 Å². The molecular weight excluding hydrogens is 218 g/mol. The average Bonchev–Trinajstić information content (AvgIpc) is 2.35. The van der Waals surface area contributed by atoms with Gasteiger partial charge in [-0.25, -0.2) is 0 Å². The molecule has 0 bridgehead atoms. The van der Waals surface area contributed by atoms with Crippen molar-refractivity contribution in [2.75, 3.05) is 26.2 Å². The number of nitrogens with one attached hydrogen (secondary N) is 3. The summed E-state index contributed by atoms with van der Waals surface area (Å²) in [6.07, 6.45) is 2.01. The van der Waals surface area contributed by atoms with Gasteiger partial charge in [-0.2, -0.15) is 0 Å². The first kappa shape index (κ1) is 14.0. The molecule has 0 unspecified atom stereocenters. The summed E-state index contributed by atoms with van der Waals surface area (Å²) >= 11 is 0. The van der Waals surface area contributed by atoms with Crippen LogP contribution < -0.4 is 16.0 Å². The van der Waals surface area contributed by atoms with Crippen molar-refractivity contribution < 1.29 is 9.59 Å². The molecule has 5 heteroatoms. The van der Waals surface area contributed by atoms with E-state index in [9.17, 15) is 9.59 Å². The molecule has 98 valence electrons. The lowest BCUT2D eigenvalue weighted by Crippen LogP contribution is -2.43. The number of carbonyl (C=O) groups is 2. The Bertz CT molecular complexity index is 260. The maximum Gasteiger partial charge on any atom is 0.224 e. The van der Waals surface area contributed by atoms with Gasteiger partial charge in [0.1, 0.15) is 0 Å². The third-order valence-electron chi connectivity index (χ3n) is 2.92. The van der Waals surface area contributed by atoms with Crippen LogP contribution in [-0.2, 0) is 9.59 Å². The fraction of sp³-hybridized carbons (Fsp3) is 0.833. The van der Waals surface area contributed by atoms with E-state index in [-0.39, 0.29) is 23.7 Å². The summed E-state index contributed by atoms with van der Waals surface area (Å²) in [7, 11) is 0. The lowest BCUT2D eigenvalue weighted by Gasteiger charge is -2.21. The van der Waals surface area contributed by atoms with E-state index in [4.69, 9.17) is 0 Å². The van der Waals surface area contributed by atoms with Crippen LogP contribution >= 0.6 is 0 Å². The Morgan fingerprint density at radius 3 is 2.59 bits per heavy atom. The molecule has 1 aliphatic rings. The molecule has 0 aromatic rings. The number of rotatable bonds is 5. The largest absolute Gasteiger partial charge is 0.354 e. The summed E-state index contributed by atoms with van der Waals surface area (Å²) < 4.78 is 0. The molecule has 1 fully saturated rings. The number of piperidine rings is 1. The predicted molar refractivity (Wildman–Crippen MR) is 66.5 cm³/mol. The molecule has 0 saturated carbocycles. The van der Waals surface area contributed by atoms with Crippen molar-refractivity contribution in [1.82, 2.24) is 16.0 Å². The molecule has 0 aromatic heterocycles. The molecule has 2 amide bonds. The molecule has 3 N–H and O–H groups in total. The molecule has 1 aliphatic heterocycles. The topological polar surface area (TPSA) is 70.2 Å². The Kier molecular flexibility index (Phi) is 5.97. The zero-order valence-electron chi connectivity index (χ0n) is 10.7. The first-order valence-electron chi connectivity index (χ1n) is 6.37. The standard InChI is InChI=1S/C12H23N3O2/c1-9(2)11(16)14-6-7-15-12(17)10-4-3-5-13-8-10/h9-10,13H,3-8H2,1-2H3,(H,14,16)(H,15,17)/t10-/m0/s1. The maximum atomic E-state index is 11.7. The van der Waals surface area contributed by atoms with Gasteiger partial charge in [-0.3, -0.25) is 9.59 Å². The summed E-state index contributed by atoms with van der Waals surface area (Å²) in [5, 5.41) is 8.83. The number of carbonyl (C=O) groups excluding carboxylic acids is 2. The van der Waals surface area contributed by atoms with Crippen LogP contribution in [0.15, 0.2) is 0 Å². The Hall–Kier alpha value is -1.10. The molecule has 17 heavy (non-hydrogen) atoms. The zero-order valence-corrected chi connectivity index (χ0v) is 10.7. The first-order chi connectivity index (χ1) is 8.11. The second kappa shape index (κ2) is 7.27. The third kappa shape index (κ3) is 5.17. The highest BCUT2D eigenvalue weighted by atomic mass is 16.2. The normalized spacial score (nSPS) is 20.1. The van der Waals surface area contributed by atoms with E-state index in [1.807, 2.05) is 13.8 Å². The fourth-order valence-electron chi connectivity index (χ4n) is 1.80. The lowest BCUT2D eigenvalue weighted by atomic mass is 9.99. The Morgan fingerprint density at radius 2 is 2.00 bits per heavy atom. The lowest BCUT2D eigenvalue weighted by molar-refractivity contribution is -0.126. The number of hydrogen-bond acceptors (Lipinski definition) is 3. The minimum absolute atomic E-state index is 0.00625. The van der Waals surface area contributed by atoms with Crippen molar-refractivity contribution in [2.24, 2.45) is 11.8 Å². The Balaban J connectivity index is 2.09. The third-order valence-corrected chi connectivity index (χ3v) is 2.92. The summed E-state index contributed by atoms with van der Waals surface area (Å²) in [5.41, 5.74) is 0. The number of hydrogen-bond donors (Lipinski definition) is 3. The fourth-order valence-corrected chi connectivity index (χ4v) is 1.80. The molecule has 0 aliphatic carbocycles. The van der Waals surface area contributed by atoms with Crippen LogP contribution in [0.1, 0.15) is 26.7 Å². The molecule has 1 rings (SSSR count). The van der Waals surface area contributed by atoms with Crippen LogP contribution in [0.4, 0.5) is 0 Å². The van der Waals surface area contributed by atoms with Crippen molar-refractivity contribution in [3.05, 3.63) is 0 Å². The van der Waals surface area contributed by atoms with Gasteiger partial charge in [-0.1, -0.05) is 13.8 Å². The molecular formula is C12H23N3O2. The van der Waals surface area contributed by atoms with Gasteiger partial charge in [-0.05, 0) is 19.4 Å². The highest BCUT2D eigenvalue weighted by Crippen LogP contribution is 2.09. The van der Waals surface area contributed by atoms with Gasteiger partial charge < -0.3 is 16.0 Å². The van der Waals surface area contributed by atoms with Crippen molar-refractivity contribution >= 4 is 11.8 Å². The first-order valence-corrected chi connectivity index (χ1v) is 6.37. The van der Waals surface area contributed by atoms with Crippen molar-refractivity contribution in [2.45, 2.75) is 26.7 Å². The van der Waals surface area contributed by atoms with E-state index in [0.29, 0.717) is 13.1 Å². The van der Waals surface area contributed by atoms with Crippen LogP contribution in [0.2, 0.25) is 0 Å². The minimum atomic E-state index is -0.00625. The van der Waals surface area contributed by atoms with Gasteiger partial charge in [0, 0.05) is 25.6 Å². The number of amides is 2. The van der Waals surface area contributed by atoms with Crippen LogP contribution in [0.25, 0.3) is 0 Å². The van der Waals surface area contributed by atoms with E-state index in [2.05, 4.69) is 16.0 Å². The summed E-state index contributed by atoms with van der Waals surface area (Å²) in [6, 6.07) is 0. The second-order valence-electron chi connectivity index (χ2n) is 4.78. The van der Waals surface area contributed by atoms with Crippen LogP contribution in [0.3, 0.4) is 0 Å². The van der Waals surface area contributed by atoms with Crippen molar-refractivity contribution in [3.63, 3.8) is 0 Å². The Morgan fingerprint density at radius 1 is 1.29 bits per heavy atom. The predicted octanol–water partition coefficient (Wildman–Crippen LogP) is -0.126. The quantitative estimate of drug-likeness (QED) is 0.587. The van der Waals surface area contributed by atoms with Gasteiger partial charge in [0.2, 0.25) is 11.8 Å². The van der Waals surface area contributed by atoms with Crippen molar-refractivity contribution in [1.29, 1.82) is 0 Å². The summed E-state index contributed by atoms with van der Waals surface area (Å²) in [4.78, 5) is 23.0. The maximum absolute atomic E-state index is 11.7. The van der Waals surface area contributed by atoms with Crippen LogP contribution in [0, 0.1) is 11.8 Å². The van der Waals surface area contributed by atoms with Gasteiger partial charge in [0.15, 0.2) is 0 Å². The average molecular weight is 241 g/mol. The summed E-state index contributed by atoms with van der Waals surface area (Å²) in [5.74, 6) is 0.201. The molecule has 1 heterocycles. The van der Waals surface area contributed by atoms with Gasteiger partial charge in [0.25, 0.3) is 0 Å². The van der Waals surface area contributed by atoms with Crippen LogP contribution in [-0.4, -0.2) is 38.0 Å². The van der Waals surface area contributed by atoms with Gasteiger partial charge in [-0.15, -0.1) is 0 Å². The SMILES string of the molecule is CC(C)C(=O)NCCNC(=O)[C@H]1CCCNC1.